The lowest BCUT2D eigenvalue weighted by atomic mass is 10.0. The molecule has 1 aliphatic rings. The van der Waals surface area contributed by atoms with Crippen LogP contribution in [0.25, 0.3) is 0 Å². The van der Waals surface area contributed by atoms with E-state index < -0.39 is 17.6 Å². The number of halogens is 2. The second-order valence-electron chi connectivity index (χ2n) is 8.85. The molecule has 10 heteroatoms. The van der Waals surface area contributed by atoms with Gasteiger partial charge in [0.2, 0.25) is 5.91 Å². The van der Waals surface area contributed by atoms with E-state index >= 15 is 0 Å². The number of hydrogen-bond donors (Lipinski definition) is 3. The van der Waals surface area contributed by atoms with E-state index in [2.05, 4.69) is 16.1 Å². The maximum Gasteiger partial charge on any atom is 0.266 e. The molecule has 2 aromatic rings. The van der Waals surface area contributed by atoms with Gasteiger partial charge >= 0.3 is 0 Å². The maximum absolute atomic E-state index is 12.8. The molecular weight excluding hydrogens is 497 g/mol. The van der Waals surface area contributed by atoms with Gasteiger partial charge < -0.3 is 10.1 Å². The Morgan fingerprint density at radius 2 is 1.82 bits per heavy atom. The fourth-order valence-corrected chi connectivity index (χ4v) is 4.55. The number of hydrogen-bond acceptors (Lipinski definition) is 6. The van der Waals surface area contributed by atoms with Gasteiger partial charge in [-0.15, -0.1) is 11.8 Å². The molecule has 2 aromatic carbocycles. The molecule has 1 fully saturated rings. The van der Waals surface area contributed by atoms with E-state index in [9.17, 15) is 9.59 Å². The van der Waals surface area contributed by atoms with Gasteiger partial charge in [0.15, 0.2) is 0 Å². The largest absolute Gasteiger partial charge is 0.489 e. The van der Waals surface area contributed by atoms with Gasteiger partial charge in [0.05, 0.1) is 11.6 Å². The minimum Gasteiger partial charge on any atom is -0.489 e. The highest BCUT2D eigenvalue weighted by atomic mass is 35.5. The van der Waals surface area contributed by atoms with Crippen molar-refractivity contribution < 1.29 is 19.2 Å². The summed E-state index contributed by atoms with van der Waals surface area (Å²) in [4.78, 5) is 30.9. The van der Waals surface area contributed by atoms with Gasteiger partial charge in [-0.3, -0.25) is 19.7 Å². The van der Waals surface area contributed by atoms with Crippen molar-refractivity contribution in [2.75, 3.05) is 11.6 Å². The Morgan fingerprint density at radius 1 is 1.15 bits per heavy atom. The molecule has 2 amide bonds. The average Bonchev–Trinajstić information content (AvgIpc) is 3.32. The summed E-state index contributed by atoms with van der Waals surface area (Å²) in [5.74, 6) is 1.39. The summed E-state index contributed by atoms with van der Waals surface area (Å²) >= 11 is 14.0. The molecule has 184 valence electrons. The minimum absolute atomic E-state index is 0.211. The van der Waals surface area contributed by atoms with Gasteiger partial charge in [-0.2, -0.15) is 0 Å². The second-order valence-corrected chi connectivity index (χ2v) is 10.7. The number of carbonyl (C=O) groups is 2. The van der Waals surface area contributed by atoms with Crippen molar-refractivity contribution in [2.45, 2.75) is 51.5 Å². The molecule has 0 bridgehead atoms. The molecule has 0 aliphatic carbocycles. The lowest BCUT2D eigenvalue weighted by Crippen LogP contribution is -2.53. The quantitative estimate of drug-likeness (QED) is 0.427. The van der Waals surface area contributed by atoms with E-state index in [1.165, 1.54) is 0 Å². The van der Waals surface area contributed by atoms with E-state index in [4.69, 9.17) is 32.8 Å². The smallest absolute Gasteiger partial charge is 0.266 e. The van der Waals surface area contributed by atoms with Crippen molar-refractivity contribution in [3.05, 3.63) is 63.6 Å². The van der Waals surface area contributed by atoms with E-state index in [1.807, 2.05) is 32.9 Å². The third kappa shape index (κ3) is 8.06. The van der Waals surface area contributed by atoms with E-state index in [0.29, 0.717) is 39.4 Å². The van der Waals surface area contributed by atoms with Crippen LogP contribution >= 0.6 is 35.0 Å². The van der Waals surface area contributed by atoms with Crippen LogP contribution in [0.3, 0.4) is 0 Å². The number of hydroxylamine groups is 1. The number of benzene rings is 2. The number of carbonyl (C=O) groups excluding carboxylic acids is 2. The zero-order valence-corrected chi connectivity index (χ0v) is 21.7. The summed E-state index contributed by atoms with van der Waals surface area (Å²) in [7, 11) is 0. The number of nitrogens with one attached hydrogen (secondary N) is 3. The molecule has 1 heterocycles. The number of rotatable bonds is 9. The van der Waals surface area contributed by atoms with Gasteiger partial charge in [-0.05, 0) is 50.6 Å². The van der Waals surface area contributed by atoms with Crippen LogP contribution in [-0.2, 0) is 27.5 Å². The summed E-state index contributed by atoms with van der Waals surface area (Å²) in [6.07, 6.45) is 0.293. The molecule has 2 atom stereocenters. The van der Waals surface area contributed by atoms with Gasteiger partial charge in [0.25, 0.3) is 5.91 Å². The third-order valence-electron chi connectivity index (χ3n) is 4.93. The van der Waals surface area contributed by atoms with Gasteiger partial charge in [-0.1, -0.05) is 41.4 Å². The summed E-state index contributed by atoms with van der Waals surface area (Å²) < 4.78 is 5.82. The Hall–Kier alpha value is -1.97. The van der Waals surface area contributed by atoms with Crippen LogP contribution in [-0.4, -0.2) is 41.1 Å². The van der Waals surface area contributed by atoms with Crippen LogP contribution < -0.4 is 20.9 Å². The lowest BCUT2D eigenvalue weighted by Gasteiger charge is -2.24. The first-order chi connectivity index (χ1) is 16.1. The second kappa shape index (κ2) is 12.1. The van der Waals surface area contributed by atoms with Crippen LogP contribution in [0, 0.1) is 0 Å². The molecule has 3 rings (SSSR count). The number of thioether (sulfide) groups is 1. The molecule has 1 saturated heterocycles. The Labute approximate surface area is 214 Å². The molecular formula is C24H29Cl2N3O4S. The normalized spacial score (nSPS) is 16.7. The number of amides is 2. The van der Waals surface area contributed by atoms with Crippen LogP contribution in [0.15, 0.2) is 42.5 Å². The summed E-state index contributed by atoms with van der Waals surface area (Å²) in [6, 6.07) is 11.5. The molecule has 1 aliphatic heterocycles. The van der Waals surface area contributed by atoms with Crippen LogP contribution in [0.4, 0.5) is 0 Å². The van der Waals surface area contributed by atoms with Gasteiger partial charge in [0, 0.05) is 33.7 Å². The first-order valence-electron chi connectivity index (χ1n) is 10.9. The number of ether oxygens (including phenoxy) is 1. The summed E-state index contributed by atoms with van der Waals surface area (Å²) in [5.41, 5.74) is 3.48. The zero-order valence-electron chi connectivity index (χ0n) is 19.3. The van der Waals surface area contributed by atoms with Crippen molar-refractivity contribution >= 4 is 46.8 Å². The Balaban J connectivity index is 1.64. The fraction of sp³-hybridized carbons (Fsp3) is 0.417. The van der Waals surface area contributed by atoms with Crippen molar-refractivity contribution in [3.63, 3.8) is 0 Å². The van der Waals surface area contributed by atoms with Crippen LogP contribution in [0.5, 0.6) is 5.75 Å². The predicted octanol–water partition coefficient (Wildman–Crippen LogP) is 4.11. The Morgan fingerprint density at radius 3 is 2.41 bits per heavy atom. The molecule has 0 aromatic heterocycles. The van der Waals surface area contributed by atoms with E-state index in [-0.39, 0.29) is 18.6 Å². The molecule has 34 heavy (non-hydrogen) atoms. The predicted molar refractivity (Wildman–Crippen MR) is 136 cm³/mol. The molecule has 1 unspecified atom stereocenters. The standard InChI is InChI=1S/C24H29Cl2N3O4S/c1-24(2,3)33-29-23(31)20(28-22(30)21-13-34-14-27-21)11-15-7-9-16(10-8-15)32-12-17-18(25)5-4-6-19(17)26/h4-10,20-21,27H,11-14H2,1-3H3,(H,28,30)(H,29,31)/t20?,21-/m1/s1. The third-order valence-corrected chi connectivity index (χ3v) is 6.58. The van der Waals surface area contributed by atoms with Crippen LogP contribution in [0.1, 0.15) is 31.9 Å². The topological polar surface area (TPSA) is 88.7 Å². The minimum atomic E-state index is -0.795. The monoisotopic (exact) mass is 525 g/mol. The fourth-order valence-electron chi connectivity index (χ4n) is 3.10. The zero-order chi connectivity index (χ0) is 24.7. The molecule has 0 spiro atoms. The Kier molecular flexibility index (Phi) is 9.50. The van der Waals surface area contributed by atoms with Gasteiger partial charge in [0.1, 0.15) is 18.4 Å². The van der Waals surface area contributed by atoms with Crippen molar-refractivity contribution in [1.29, 1.82) is 0 Å². The average molecular weight is 526 g/mol. The highest BCUT2D eigenvalue weighted by molar-refractivity contribution is 7.99. The maximum atomic E-state index is 12.8. The molecule has 0 saturated carbocycles. The van der Waals surface area contributed by atoms with E-state index in [0.717, 1.165) is 5.56 Å². The highest BCUT2D eigenvalue weighted by Gasteiger charge is 2.28. The summed E-state index contributed by atoms with van der Waals surface area (Å²) in [6.45, 7) is 5.72. The molecule has 3 N–H and O–H groups in total. The summed E-state index contributed by atoms with van der Waals surface area (Å²) in [5, 5.41) is 7.05. The first-order valence-corrected chi connectivity index (χ1v) is 12.8. The van der Waals surface area contributed by atoms with Crippen molar-refractivity contribution in [1.82, 2.24) is 16.1 Å². The highest BCUT2D eigenvalue weighted by Crippen LogP contribution is 2.26. The van der Waals surface area contributed by atoms with Crippen LogP contribution in [0.2, 0.25) is 10.0 Å². The van der Waals surface area contributed by atoms with Crippen molar-refractivity contribution in [2.24, 2.45) is 0 Å². The first kappa shape index (κ1) is 26.6. The lowest BCUT2D eigenvalue weighted by molar-refractivity contribution is -0.149. The SMILES string of the molecule is CC(C)(C)ONC(=O)C(Cc1ccc(OCc2c(Cl)cccc2Cl)cc1)NC(=O)[C@H]1CSCN1. The molecule has 0 radical (unpaired) electrons. The Bertz CT molecular complexity index is 972. The van der Waals surface area contributed by atoms with E-state index in [1.54, 1.807) is 42.1 Å². The van der Waals surface area contributed by atoms with Gasteiger partial charge in [-0.25, -0.2) is 5.48 Å². The van der Waals surface area contributed by atoms with Crippen molar-refractivity contribution in [3.8, 4) is 5.75 Å². The molecule has 7 nitrogen and oxygen atoms in total.